The maximum Gasteiger partial charge on any atom is 0.115 e. The summed E-state index contributed by atoms with van der Waals surface area (Å²) in [7, 11) is 2.12. The van der Waals surface area contributed by atoms with Crippen molar-refractivity contribution in [3.63, 3.8) is 0 Å². The Morgan fingerprint density at radius 3 is 2.73 bits per heavy atom. The molecule has 0 saturated carbocycles. The molecule has 0 aromatic heterocycles. The van der Waals surface area contributed by atoms with Crippen LogP contribution in [0, 0.1) is 0 Å². The van der Waals surface area contributed by atoms with Crippen LogP contribution < -0.4 is 0 Å². The van der Waals surface area contributed by atoms with Crippen LogP contribution in [-0.4, -0.2) is 36.3 Å². The molecule has 1 aliphatic rings. The number of aromatic hydroxyl groups is 1. The number of phenols is 1. The van der Waals surface area contributed by atoms with E-state index >= 15 is 0 Å². The van der Waals surface area contributed by atoms with E-state index in [9.17, 15) is 0 Å². The van der Waals surface area contributed by atoms with Gasteiger partial charge in [-0.25, -0.2) is 0 Å². The van der Waals surface area contributed by atoms with Gasteiger partial charge in [0.25, 0.3) is 0 Å². The van der Waals surface area contributed by atoms with Gasteiger partial charge in [-0.05, 0) is 31.2 Å². The van der Waals surface area contributed by atoms with Crippen molar-refractivity contribution in [2.45, 2.75) is 19.0 Å². The first kappa shape index (κ1) is 10.5. The molecule has 1 N–H and O–H groups in total. The fourth-order valence-corrected chi connectivity index (χ4v) is 1.89. The lowest BCUT2D eigenvalue weighted by Gasteiger charge is -2.22. The Kier molecular flexibility index (Phi) is 3.23. The van der Waals surface area contributed by atoms with Crippen molar-refractivity contribution in [2.75, 3.05) is 20.3 Å². The summed E-state index contributed by atoms with van der Waals surface area (Å²) in [6, 6.07) is 7.92. The molecule has 2 rings (SSSR count). The molecule has 0 aliphatic carbocycles. The first-order valence-electron chi connectivity index (χ1n) is 5.31. The third-order valence-electron chi connectivity index (χ3n) is 2.90. The number of likely N-dealkylation sites (N-methyl/N-ethyl adjacent to an activating group) is 1. The SMILES string of the molecule is CN(Cc1ccc(O)cc1)C1CCOC1. The van der Waals surface area contributed by atoms with E-state index in [1.807, 2.05) is 12.1 Å². The molecule has 1 aromatic rings. The van der Waals surface area contributed by atoms with Gasteiger partial charge in [0.2, 0.25) is 0 Å². The monoisotopic (exact) mass is 207 g/mol. The smallest absolute Gasteiger partial charge is 0.115 e. The lowest BCUT2D eigenvalue weighted by atomic mass is 10.1. The molecule has 0 radical (unpaired) electrons. The van der Waals surface area contributed by atoms with Gasteiger partial charge in [-0.2, -0.15) is 0 Å². The van der Waals surface area contributed by atoms with E-state index in [0.29, 0.717) is 11.8 Å². The van der Waals surface area contributed by atoms with Crippen molar-refractivity contribution in [3.05, 3.63) is 29.8 Å². The van der Waals surface area contributed by atoms with Gasteiger partial charge in [0.15, 0.2) is 0 Å². The Morgan fingerprint density at radius 1 is 1.40 bits per heavy atom. The Bertz CT molecular complexity index is 304. The van der Waals surface area contributed by atoms with Gasteiger partial charge in [-0.3, -0.25) is 4.90 Å². The third kappa shape index (κ3) is 2.70. The number of hydrogen-bond acceptors (Lipinski definition) is 3. The van der Waals surface area contributed by atoms with E-state index < -0.39 is 0 Å². The third-order valence-corrected chi connectivity index (χ3v) is 2.90. The minimum atomic E-state index is 0.325. The summed E-state index contributed by atoms with van der Waals surface area (Å²) in [5.74, 6) is 0.325. The Balaban J connectivity index is 1.92. The zero-order chi connectivity index (χ0) is 10.7. The van der Waals surface area contributed by atoms with Crippen LogP contribution in [0.25, 0.3) is 0 Å². The zero-order valence-electron chi connectivity index (χ0n) is 9.02. The first-order chi connectivity index (χ1) is 7.25. The molecular weight excluding hydrogens is 190 g/mol. The molecule has 1 unspecified atom stereocenters. The molecule has 3 nitrogen and oxygen atoms in total. The van der Waals surface area contributed by atoms with Crippen LogP contribution in [0.1, 0.15) is 12.0 Å². The standard InChI is InChI=1S/C12H17NO2/c1-13(11-6-7-15-9-11)8-10-2-4-12(14)5-3-10/h2-5,11,14H,6-9H2,1H3. The Morgan fingerprint density at radius 2 is 2.13 bits per heavy atom. The lowest BCUT2D eigenvalue weighted by molar-refractivity contribution is 0.156. The molecule has 1 atom stereocenters. The molecule has 3 heteroatoms. The number of phenolic OH excluding ortho intramolecular Hbond substituents is 1. The highest BCUT2D eigenvalue weighted by molar-refractivity contribution is 5.25. The van der Waals surface area contributed by atoms with Crippen molar-refractivity contribution in [1.82, 2.24) is 4.90 Å². The van der Waals surface area contributed by atoms with E-state index in [1.54, 1.807) is 12.1 Å². The second kappa shape index (κ2) is 4.64. The highest BCUT2D eigenvalue weighted by Crippen LogP contribution is 2.15. The fourth-order valence-electron chi connectivity index (χ4n) is 1.89. The summed E-state index contributed by atoms with van der Waals surface area (Å²) >= 11 is 0. The summed E-state index contributed by atoms with van der Waals surface area (Å²) in [5, 5.41) is 9.17. The van der Waals surface area contributed by atoms with Crippen molar-refractivity contribution < 1.29 is 9.84 Å². The molecule has 1 aromatic carbocycles. The van der Waals surface area contributed by atoms with E-state index in [2.05, 4.69) is 11.9 Å². The van der Waals surface area contributed by atoms with Crippen LogP contribution in [-0.2, 0) is 11.3 Å². The van der Waals surface area contributed by atoms with Crippen molar-refractivity contribution >= 4 is 0 Å². The molecular formula is C12H17NO2. The summed E-state index contributed by atoms with van der Waals surface area (Å²) in [6.45, 7) is 2.63. The molecule has 1 fully saturated rings. The van der Waals surface area contributed by atoms with E-state index in [-0.39, 0.29) is 0 Å². The van der Waals surface area contributed by atoms with Crippen LogP contribution >= 0.6 is 0 Å². The van der Waals surface area contributed by atoms with Crippen molar-refractivity contribution in [3.8, 4) is 5.75 Å². The molecule has 1 saturated heterocycles. The van der Waals surface area contributed by atoms with Gasteiger partial charge in [-0.15, -0.1) is 0 Å². The van der Waals surface area contributed by atoms with Crippen LogP contribution in [0.5, 0.6) is 5.75 Å². The van der Waals surface area contributed by atoms with Crippen LogP contribution in [0.15, 0.2) is 24.3 Å². The van der Waals surface area contributed by atoms with Gasteiger partial charge >= 0.3 is 0 Å². The Labute approximate surface area is 90.3 Å². The van der Waals surface area contributed by atoms with Crippen LogP contribution in [0.3, 0.4) is 0 Å². The molecule has 1 aliphatic heterocycles. The molecule has 0 bridgehead atoms. The fraction of sp³-hybridized carbons (Fsp3) is 0.500. The number of benzene rings is 1. The minimum absolute atomic E-state index is 0.325. The average Bonchev–Trinajstić information content (AvgIpc) is 2.74. The molecule has 82 valence electrons. The molecule has 1 heterocycles. The predicted molar refractivity (Wildman–Crippen MR) is 58.8 cm³/mol. The van der Waals surface area contributed by atoms with Gasteiger partial charge in [0.1, 0.15) is 5.75 Å². The Hall–Kier alpha value is -1.06. The van der Waals surface area contributed by atoms with Crippen LogP contribution in [0.4, 0.5) is 0 Å². The first-order valence-corrected chi connectivity index (χ1v) is 5.31. The summed E-state index contributed by atoms with van der Waals surface area (Å²) < 4.78 is 5.35. The molecule has 0 spiro atoms. The van der Waals surface area contributed by atoms with Crippen molar-refractivity contribution in [1.29, 1.82) is 0 Å². The predicted octanol–water partition coefficient (Wildman–Crippen LogP) is 1.61. The molecule has 0 amide bonds. The quantitative estimate of drug-likeness (QED) is 0.817. The summed E-state index contributed by atoms with van der Waals surface area (Å²) in [5.41, 5.74) is 1.22. The largest absolute Gasteiger partial charge is 0.508 e. The average molecular weight is 207 g/mol. The number of nitrogens with zero attached hydrogens (tertiary/aromatic N) is 1. The van der Waals surface area contributed by atoms with E-state index in [4.69, 9.17) is 9.84 Å². The van der Waals surface area contributed by atoms with Gasteiger partial charge < -0.3 is 9.84 Å². The second-order valence-corrected chi connectivity index (χ2v) is 4.10. The van der Waals surface area contributed by atoms with E-state index in [0.717, 1.165) is 26.2 Å². The lowest BCUT2D eigenvalue weighted by Crippen LogP contribution is -2.31. The van der Waals surface area contributed by atoms with Gasteiger partial charge in [0, 0.05) is 19.2 Å². The number of ether oxygens (including phenoxy) is 1. The highest BCUT2D eigenvalue weighted by atomic mass is 16.5. The summed E-state index contributed by atoms with van der Waals surface area (Å²) in [6.07, 6.45) is 1.12. The van der Waals surface area contributed by atoms with Gasteiger partial charge in [-0.1, -0.05) is 12.1 Å². The second-order valence-electron chi connectivity index (χ2n) is 4.10. The zero-order valence-corrected chi connectivity index (χ0v) is 9.02. The maximum absolute atomic E-state index is 9.17. The topological polar surface area (TPSA) is 32.7 Å². The maximum atomic E-state index is 9.17. The minimum Gasteiger partial charge on any atom is -0.508 e. The van der Waals surface area contributed by atoms with Crippen LogP contribution in [0.2, 0.25) is 0 Å². The number of rotatable bonds is 3. The van der Waals surface area contributed by atoms with E-state index in [1.165, 1.54) is 5.56 Å². The molecule has 15 heavy (non-hydrogen) atoms. The van der Waals surface area contributed by atoms with Crippen molar-refractivity contribution in [2.24, 2.45) is 0 Å². The normalized spacial score (nSPS) is 21.1. The van der Waals surface area contributed by atoms with Gasteiger partial charge in [0.05, 0.1) is 6.61 Å². The highest BCUT2D eigenvalue weighted by Gasteiger charge is 2.19. The summed E-state index contributed by atoms with van der Waals surface area (Å²) in [4.78, 5) is 2.30. The number of hydrogen-bond donors (Lipinski definition) is 1.